The van der Waals surface area contributed by atoms with Crippen LogP contribution in [-0.2, 0) is 0 Å². The van der Waals surface area contributed by atoms with E-state index < -0.39 is 5.60 Å². The molecule has 1 aliphatic rings. The molecule has 154 valence electrons. The minimum Gasteiger partial charge on any atom is -0.506 e. The highest BCUT2D eigenvalue weighted by Crippen LogP contribution is 2.41. The van der Waals surface area contributed by atoms with Gasteiger partial charge in [0.25, 0.3) is 0 Å². The van der Waals surface area contributed by atoms with Crippen molar-refractivity contribution in [2.75, 3.05) is 6.61 Å². The number of hydrogen-bond donors (Lipinski definition) is 1. The Morgan fingerprint density at radius 2 is 1.93 bits per heavy atom. The van der Waals surface area contributed by atoms with Crippen molar-refractivity contribution >= 4 is 17.0 Å². The van der Waals surface area contributed by atoms with Gasteiger partial charge in [-0.05, 0) is 63.6 Å². The molecule has 0 spiro atoms. The van der Waals surface area contributed by atoms with E-state index in [1.165, 1.54) is 11.8 Å². The van der Waals surface area contributed by atoms with E-state index >= 15 is 0 Å². The van der Waals surface area contributed by atoms with Crippen LogP contribution in [0.4, 0.5) is 0 Å². The highest BCUT2D eigenvalue weighted by atomic mass is 16.5. The highest BCUT2D eigenvalue weighted by Gasteiger charge is 2.26. The Labute approximate surface area is 174 Å². The van der Waals surface area contributed by atoms with E-state index in [0.717, 1.165) is 0 Å². The summed E-state index contributed by atoms with van der Waals surface area (Å²) < 4.78 is 17.3. The van der Waals surface area contributed by atoms with Crippen LogP contribution < -0.4 is 14.9 Å². The molecule has 5 heteroatoms. The van der Waals surface area contributed by atoms with Crippen LogP contribution in [0.2, 0.25) is 0 Å². The van der Waals surface area contributed by atoms with Crippen molar-refractivity contribution in [1.29, 1.82) is 0 Å². The summed E-state index contributed by atoms with van der Waals surface area (Å²) in [5.41, 5.74) is 2.21. The van der Waals surface area contributed by atoms with Gasteiger partial charge in [0, 0.05) is 6.07 Å². The molecule has 0 aliphatic carbocycles. The molecule has 1 aliphatic heterocycles. The standard InChI is InChI=1S/C25H24O5/c1-15(2)10-12-28-17-7-5-16(6-8-17)19-14-29-21-13-20-18(9-11-25(3,4)30-20)23(26)22(21)24(19)27/h5-11,13-14,26H,12H2,1-4H3. The molecule has 0 unspecified atom stereocenters. The summed E-state index contributed by atoms with van der Waals surface area (Å²) in [5.74, 6) is 1.07. The maximum absolute atomic E-state index is 13.2. The molecule has 1 aromatic heterocycles. The lowest BCUT2D eigenvalue weighted by Gasteiger charge is -2.28. The summed E-state index contributed by atoms with van der Waals surface area (Å²) >= 11 is 0. The van der Waals surface area contributed by atoms with E-state index in [1.54, 1.807) is 24.3 Å². The lowest BCUT2D eigenvalue weighted by Crippen LogP contribution is -2.27. The zero-order valence-corrected chi connectivity index (χ0v) is 17.5. The first-order valence-corrected chi connectivity index (χ1v) is 9.81. The number of phenols is 1. The fourth-order valence-electron chi connectivity index (χ4n) is 3.34. The molecular formula is C25H24O5. The summed E-state index contributed by atoms with van der Waals surface area (Å²) in [6.07, 6.45) is 7.03. The third-order valence-electron chi connectivity index (χ3n) is 4.97. The molecule has 0 fully saturated rings. The van der Waals surface area contributed by atoms with E-state index in [1.807, 2.05) is 52.0 Å². The predicted octanol–water partition coefficient (Wildman–Crippen LogP) is 5.69. The predicted molar refractivity (Wildman–Crippen MR) is 118 cm³/mol. The van der Waals surface area contributed by atoms with E-state index in [-0.39, 0.29) is 22.1 Å². The van der Waals surface area contributed by atoms with Gasteiger partial charge >= 0.3 is 0 Å². The molecule has 0 bridgehead atoms. The van der Waals surface area contributed by atoms with Crippen LogP contribution in [0.25, 0.3) is 28.2 Å². The third kappa shape index (κ3) is 3.71. The summed E-state index contributed by atoms with van der Waals surface area (Å²) in [4.78, 5) is 13.2. The molecule has 0 saturated carbocycles. The van der Waals surface area contributed by atoms with Crippen molar-refractivity contribution in [3.8, 4) is 28.4 Å². The van der Waals surface area contributed by atoms with Crippen molar-refractivity contribution in [1.82, 2.24) is 0 Å². The fourth-order valence-corrected chi connectivity index (χ4v) is 3.34. The second-order valence-corrected chi connectivity index (χ2v) is 8.14. The largest absolute Gasteiger partial charge is 0.506 e. The number of rotatable bonds is 4. The van der Waals surface area contributed by atoms with Crippen molar-refractivity contribution < 1.29 is 19.0 Å². The summed E-state index contributed by atoms with van der Waals surface area (Å²) in [7, 11) is 0. The van der Waals surface area contributed by atoms with Crippen LogP contribution in [0.3, 0.4) is 0 Å². The Balaban J connectivity index is 1.73. The average molecular weight is 404 g/mol. The fraction of sp³-hybridized carbons (Fsp3) is 0.240. The smallest absolute Gasteiger partial charge is 0.204 e. The van der Waals surface area contributed by atoms with Crippen molar-refractivity contribution in [3.05, 3.63) is 70.1 Å². The first kappa shape index (κ1) is 19.8. The van der Waals surface area contributed by atoms with Gasteiger partial charge in [-0.2, -0.15) is 0 Å². The highest BCUT2D eigenvalue weighted by molar-refractivity contribution is 5.93. The second kappa shape index (κ2) is 7.41. The van der Waals surface area contributed by atoms with Crippen LogP contribution in [0.15, 0.2) is 63.5 Å². The molecule has 4 rings (SSSR count). The number of allylic oxidation sites excluding steroid dienone is 1. The summed E-state index contributed by atoms with van der Waals surface area (Å²) in [6.45, 7) is 8.35. The van der Waals surface area contributed by atoms with Crippen molar-refractivity contribution in [3.63, 3.8) is 0 Å². The number of fused-ring (bicyclic) bond motifs is 2. The van der Waals surface area contributed by atoms with Gasteiger partial charge in [0.1, 0.15) is 46.7 Å². The van der Waals surface area contributed by atoms with Gasteiger partial charge in [-0.15, -0.1) is 0 Å². The third-order valence-corrected chi connectivity index (χ3v) is 4.97. The molecule has 2 heterocycles. The van der Waals surface area contributed by atoms with Gasteiger partial charge in [0.05, 0.1) is 11.1 Å². The molecule has 1 N–H and O–H groups in total. The Morgan fingerprint density at radius 3 is 2.63 bits per heavy atom. The van der Waals surface area contributed by atoms with Gasteiger partial charge < -0.3 is 19.0 Å². The van der Waals surface area contributed by atoms with E-state index in [4.69, 9.17) is 13.9 Å². The topological polar surface area (TPSA) is 68.9 Å². The van der Waals surface area contributed by atoms with Gasteiger partial charge in [-0.25, -0.2) is 0 Å². The first-order chi connectivity index (χ1) is 14.2. The average Bonchev–Trinajstić information content (AvgIpc) is 2.67. The van der Waals surface area contributed by atoms with Crippen LogP contribution in [0, 0.1) is 0 Å². The molecule has 0 atom stereocenters. The molecule has 0 amide bonds. The molecule has 3 aromatic rings. The number of phenolic OH excluding ortho intramolecular Hbond substituents is 1. The zero-order valence-electron chi connectivity index (χ0n) is 17.5. The lowest BCUT2D eigenvalue weighted by molar-refractivity contribution is 0.158. The maximum atomic E-state index is 13.2. The molecule has 30 heavy (non-hydrogen) atoms. The number of benzene rings is 2. The zero-order chi connectivity index (χ0) is 21.5. The maximum Gasteiger partial charge on any atom is 0.204 e. The minimum absolute atomic E-state index is 0.133. The summed E-state index contributed by atoms with van der Waals surface area (Å²) in [5, 5.41) is 10.9. The van der Waals surface area contributed by atoms with Crippen LogP contribution in [0.5, 0.6) is 17.2 Å². The number of hydrogen-bond acceptors (Lipinski definition) is 5. The Bertz CT molecular complexity index is 1220. The van der Waals surface area contributed by atoms with E-state index in [9.17, 15) is 9.90 Å². The Morgan fingerprint density at radius 1 is 1.20 bits per heavy atom. The first-order valence-electron chi connectivity index (χ1n) is 9.81. The van der Waals surface area contributed by atoms with Gasteiger partial charge in [-0.3, -0.25) is 4.79 Å². The second-order valence-electron chi connectivity index (χ2n) is 8.14. The van der Waals surface area contributed by atoms with Gasteiger partial charge in [0.15, 0.2) is 0 Å². The molecule has 0 radical (unpaired) electrons. The summed E-state index contributed by atoms with van der Waals surface area (Å²) in [6, 6.07) is 8.88. The Hall–Kier alpha value is -3.47. The molecule has 0 saturated heterocycles. The molecular weight excluding hydrogens is 380 g/mol. The monoisotopic (exact) mass is 404 g/mol. The molecule has 5 nitrogen and oxygen atoms in total. The molecule has 2 aromatic carbocycles. The van der Waals surface area contributed by atoms with Crippen LogP contribution in [0.1, 0.15) is 33.3 Å². The van der Waals surface area contributed by atoms with Crippen molar-refractivity contribution in [2.24, 2.45) is 0 Å². The number of aromatic hydroxyl groups is 1. The van der Waals surface area contributed by atoms with Crippen molar-refractivity contribution in [2.45, 2.75) is 33.3 Å². The lowest BCUT2D eigenvalue weighted by atomic mass is 9.98. The minimum atomic E-state index is -0.497. The normalized spacial score (nSPS) is 14.1. The van der Waals surface area contributed by atoms with E-state index in [2.05, 4.69) is 0 Å². The van der Waals surface area contributed by atoms with Crippen LogP contribution >= 0.6 is 0 Å². The van der Waals surface area contributed by atoms with Gasteiger partial charge in [-0.1, -0.05) is 17.7 Å². The number of ether oxygens (including phenoxy) is 2. The van der Waals surface area contributed by atoms with Gasteiger partial charge in [0.2, 0.25) is 5.43 Å². The van der Waals surface area contributed by atoms with E-state index in [0.29, 0.717) is 34.8 Å². The quantitative estimate of drug-likeness (QED) is 0.565. The SMILES string of the molecule is CC(C)=CCOc1ccc(-c2coc3cc4c(c(O)c3c2=O)C=CC(C)(C)O4)cc1. The Kier molecular flexibility index (Phi) is 4.90. The van der Waals surface area contributed by atoms with Crippen LogP contribution in [-0.4, -0.2) is 17.3 Å².